The van der Waals surface area contributed by atoms with Gasteiger partial charge in [0.2, 0.25) is 5.91 Å². The number of nitrogens with zero attached hydrogens (tertiary/aromatic N) is 1. The van der Waals surface area contributed by atoms with Crippen molar-refractivity contribution in [3.05, 3.63) is 0 Å². The highest BCUT2D eigenvalue weighted by molar-refractivity contribution is 5.92. The molecule has 1 N–H and O–H groups in total. The number of hydrogen-bond donors (Lipinski definition) is 1. The van der Waals surface area contributed by atoms with Crippen LogP contribution < -0.4 is 0 Å². The summed E-state index contributed by atoms with van der Waals surface area (Å²) < 4.78 is 0. The molecule has 2 aliphatic rings. The highest BCUT2D eigenvalue weighted by atomic mass is 16.4. The molecule has 0 saturated heterocycles. The maximum absolute atomic E-state index is 12.5. The minimum absolute atomic E-state index is 0.0589. The highest BCUT2D eigenvalue weighted by Crippen LogP contribution is 2.59. The number of carboxylic acid groups (broad SMARTS) is 1. The maximum atomic E-state index is 12.5. The van der Waals surface area contributed by atoms with E-state index in [0.29, 0.717) is 12.0 Å². The predicted octanol–water partition coefficient (Wildman–Crippen LogP) is 1.99. The predicted molar refractivity (Wildman–Crippen MR) is 68.0 cm³/mol. The molecule has 0 aromatic heterocycles. The normalized spacial score (nSPS) is 29.2. The molecule has 4 nitrogen and oxygen atoms in total. The van der Waals surface area contributed by atoms with Gasteiger partial charge in [0.25, 0.3) is 0 Å². The first-order valence-corrected chi connectivity index (χ1v) is 6.80. The molecule has 2 saturated carbocycles. The van der Waals surface area contributed by atoms with Crippen molar-refractivity contribution in [1.82, 2.24) is 4.90 Å². The van der Waals surface area contributed by atoms with Crippen molar-refractivity contribution in [2.45, 2.75) is 46.6 Å². The first kappa shape index (κ1) is 13.4. The van der Waals surface area contributed by atoms with Crippen molar-refractivity contribution < 1.29 is 14.7 Å². The highest BCUT2D eigenvalue weighted by Gasteiger charge is 2.67. The van der Waals surface area contributed by atoms with Crippen LogP contribution in [-0.4, -0.2) is 34.5 Å². The maximum Gasteiger partial charge on any atom is 0.307 e. The molecule has 18 heavy (non-hydrogen) atoms. The number of carbonyl (C=O) groups is 2. The van der Waals surface area contributed by atoms with Gasteiger partial charge in [-0.3, -0.25) is 9.59 Å². The Balaban J connectivity index is 2.08. The van der Waals surface area contributed by atoms with Crippen LogP contribution in [0.3, 0.4) is 0 Å². The van der Waals surface area contributed by atoms with Gasteiger partial charge >= 0.3 is 5.97 Å². The fourth-order valence-corrected chi connectivity index (χ4v) is 2.94. The SMILES string of the molecule is CC(C)CN(C(=O)C1C(C(=O)O)C1(C)C)C1CC1. The molecule has 4 heteroatoms. The van der Waals surface area contributed by atoms with Gasteiger partial charge in [-0.05, 0) is 24.2 Å². The third kappa shape index (κ3) is 2.25. The van der Waals surface area contributed by atoms with E-state index in [0.717, 1.165) is 19.4 Å². The summed E-state index contributed by atoms with van der Waals surface area (Å²) in [7, 11) is 0. The minimum Gasteiger partial charge on any atom is -0.481 e. The number of amides is 1. The Morgan fingerprint density at radius 3 is 2.17 bits per heavy atom. The van der Waals surface area contributed by atoms with Crippen LogP contribution in [0.2, 0.25) is 0 Å². The van der Waals surface area contributed by atoms with Crippen LogP contribution in [0.25, 0.3) is 0 Å². The van der Waals surface area contributed by atoms with Crippen LogP contribution in [0, 0.1) is 23.2 Å². The summed E-state index contributed by atoms with van der Waals surface area (Å²) in [4.78, 5) is 25.6. The lowest BCUT2D eigenvalue weighted by molar-refractivity contribution is -0.142. The fourth-order valence-electron chi connectivity index (χ4n) is 2.94. The van der Waals surface area contributed by atoms with Crippen LogP contribution >= 0.6 is 0 Å². The lowest BCUT2D eigenvalue weighted by Crippen LogP contribution is -2.38. The zero-order valence-corrected chi connectivity index (χ0v) is 11.6. The quantitative estimate of drug-likeness (QED) is 0.815. The summed E-state index contributed by atoms with van der Waals surface area (Å²) in [5.74, 6) is -1.17. The van der Waals surface area contributed by atoms with Gasteiger partial charge in [-0.15, -0.1) is 0 Å². The van der Waals surface area contributed by atoms with Gasteiger partial charge in [-0.25, -0.2) is 0 Å². The molecule has 0 heterocycles. The molecule has 1 amide bonds. The Labute approximate surface area is 108 Å². The number of hydrogen-bond acceptors (Lipinski definition) is 2. The first-order valence-electron chi connectivity index (χ1n) is 6.80. The van der Waals surface area contributed by atoms with Crippen LogP contribution in [-0.2, 0) is 9.59 Å². The first-order chi connectivity index (χ1) is 8.26. The second-order valence-corrected chi connectivity index (χ2v) is 6.73. The van der Waals surface area contributed by atoms with E-state index in [2.05, 4.69) is 13.8 Å². The van der Waals surface area contributed by atoms with E-state index in [9.17, 15) is 9.59 Å². The average Bonchev–Trinajstić information content (AvgIpc) is 3.08. The van der Waals surface area contributed by atoms with Crippen molar-refractivity contribution in [2.24, 2.45) is 23.2 Å². The van der Waals surface area contributed by atoms with E-state index in [1.807, 2.05) is 18.7 Å². The number of aliphatic carboxylic acids is 1. The number of rotatable bonds is 5. The van der Waals surface area contributed by atoms with Crippen LogP contribution in [0.1, 0.15) is 40.5 Å². The van der Waals surface area contributed by atoms with E-state index < -0.39 is 11.9 Å². The standard InChI is InChI=1S/C14H23NO3/c1-8(2)7-15(9-5-6-9)12(16)10-11(13(17)18)14(10,3)4/h8-11H,5-7H2,1-4H3,(H,17,18). The molecule has 0 bridgehead atoms. The van der Waals surface area contributed by atoms with E-state index in [1.54, 1.807) is 0 Å². The van der Waals surface area contributed by atoms with E-state index in [-0.39, 0.29) is 17.2 Å². The molecular formula is C14H23NO3. The smallest absolute Gasteiger partial charge is 0.307 e. The minimum atomic E-state index is -0.835. The molecule has 2 aliphatic carbocycles. The molecule has 0 aliphatic heterocycles. The summed E-state index contributed by atoms with van der Waals surface area (Å²) in [6, 6.07) is 0.366. The third-order valence-corrected chi connectivity index (χ3v) is 4.19. The second kappa shape index (κ2) is 4.25. The van der Waals surface area contributed by atoms with E-state index in [1.165, 1.54) is 0 Å². The van der Waals surface area contributed by atoms with Gasteiger partial charge in [0.15, 0.2) is 0 Å². The van der Waals surface area contributed by atoms with Crippen LogP contribution in [0.15, 0.2) is 0 Å². The third-order valence-electron chi connectivity index (χ3n) is 4.19. The Kier molecular flexibility index (Phi) is 3.16. The van der Waals surface area contributed by atoms with Crippen molar-refractivity contribution in [2.75, 3.05) is 6.54 Å². The zero-order valence-electron chi connectivity index (χ0n) is 11.6. The summed E-state index contributed by atoms with van der Waals surface area (Å²) in [5, 5.41) is 9.16. The Morgan fingerprint density at radius 2 is 1.83 bits per heavy atom. The number of carboxylic acids is 1. The van der Waals surface area contributed by atoms with Gasteiger partial charge in [0.05, 0.1) is 11.8 Å². The van der Waals surface area contributed by atoms with Crippen molar-refractivity contribution in [3.8, 4) is 0 Å². The molecule has 0 aromatic rings. The largest absolute Gasteiger partial charge is 0.481 e. The molecule has 0 radical (unpaired) electrons. The summed E-state index contributed by atoms with van der Waals surface area (Å²) in [5.41, 5.74) is -0.382. The second-order valence-electron chi connectivity index (χ2n) is 6.73. The van der Waals surface area contributed by atoms with Crippen LogP contribution in [0.4, 0.5) is 0 Å². The fraction of sp³-hybridized carbons (Fsp3) is 0.857. The van der Waals surface area contributed by atoms with Gasteiger partial charge in [-0.2, -0.15) is 0 Å². The Bertz CT molecular complexity index is 371. The Hall–Kier alpha value is -1.06. The Morgan fingerprint density at radius 1 is 1.28 bits per heavy atom. The summed E-state index contributed by atoms with van der Waals surface area (Å²) >= 11 is 0. The van der Waals surface area contributed by atoms with Crippen molar-refractivity contribution >= 4 is 11.9 Å². The molecule has 0 aromatic carbocycles. The van der Waals surface area contributed by atoms with Gasteiger partial charge in [-0.1, -0.05) is 27.7 Å². The lowest BCUT2D eigenvalue weighted by Gasteiger charge is -2.25. The molecule has 2 atom stereocenters. The van der Waals surface area contributed by atoms with Gasteiger partial charge in [0, 0.05) is 12.6 Å². The van der Waals surface area contributed by atoms with Crippen molar-refractivity contribution in [3.63, 3.8) is 0 Å². The topological polar surface area (TPSA) is 57.6 Å². The molecule has 2 fully saturated rings. The molecule has 0 spiro atoms. The van der Waals surface area contributed by atoms with Gasteiger partial charge < -0.3 is 10.0 Å². The molecular weight excluding hydrogens is 230 g/mol. The number of carbonyl (C=O) groups excluding carboxylic acids is 1. The van der Waals surface area contributed by atoms with Crippen molar-refractivity contribution in [1.29, 1.82) is 0 Å². The summed E-state index contributed by atoms with van der Waals surface area (Å²) in [6.07, 6.45) is 2.15. The molecule has 102 valence electrons. The lowest BCUT2D eigenvalue weighted by atomic mass is 10.1. The van der Waals surface area contributed by atoms with E-state index >= 15 is 0 Å². The van der Waals surface area contributed by atoms with Gasteiger partial charge in [0.1, 0.15) is 0 Å². The molecule has 2 unspecified atom stereocenters. The van der Waals surface area contributed by atoms with E-state index in [4.69, 9.17) is 5.11 Å². The molecule has 2 rings (SSSR count). The summed E-state index contributed by atoms with van der Waals surface area (Å²) in [6.45, 7) is 8.71. The average molecular weight is 253 g/mol. The van der Waals surface area contributed by atoms with Crippen LogP contribution in [0.5, 0.6) is 0 Å². The monoisotopic (exact) mass is 253 g/mol. The zero-order chi connectivity index (χ0) is 13.7.